The van der Waals surface area contributed by atoms with E-state index in [1.807, 2.05) is 0 Å². The fraction of sp³-hybridized carbons (Fsp3) is 0.217. The summed E-state index contributed by atoms with van der Waals surface area (Å²) in [7, 11) is 1.31. The minimum atomic E-state index is -0.494. The lowest BCUT2D eigenvalue weighted by Gasteiger charge is -2.30. The van der Waals surface area contributed by atoms with E-state index < -0.39 is 11.9 Å². The first-order chi connectivity index (χ1) is 15.5. The Balaban J connectivity index is 1.62. The van der Waals surface area contributed by atoms with Gasteiger partial charge < -0.3 is 24.1 Å². The number of carbonyl (C=O) groups is 2. The molecule has 2 heterocycles. The van der Waals surface area contributed by atoms with Crippen LogP contribution >= 0.6 is 23.2 Å². The van der Waals surface area contributed by atoms with E-state index in [9.17, 15) is 9.59 Å². The van der Waals surface area contributed by atoms with Crippen LogP contribution < -0.4 is 10.2 Å². The highest BCUT2D eigenvalue weighted by Gasteiger charge is 2.21. The second-order valence-electron chi connectivity index (χ2n) is 7.07. The number of hydrogen-bond acceptors (Lipinski definition) is 6. The zero-order valence-electron chi connectivity index (χ0n) is 17.2. The standard InChI is InChI=1S/C23H20Cl2N2O5/c1-30-23(29)14-2-5-19(27-8-10-31-11-9-27)18(12-14)26-22(28)21-7-6-20(32-21)16-4-3-15(24)13-17(16)25/h2-7,12-13H,8-11H2,1H3,(H,26,28). The summed E-state index contributed by atoms with van der Waals surface area (Å²) in [4.78, 5) is 27.1. The van der Waals surface area contributed by atoms with Crippen molar-refractivity contribution >= 4 is 46.5 Å². The van der Waals surface area contributed by atoms with Gasteiger partial charge in [-0.15, -0.1) is 0 Å². The molecule has 0 spiro atoms. The van der Waals surface area contributed by atoms with Crippen LogP contribution in [-0.4, -0.2) is 45.3 Å². The van der Waals surface area contributed by atoms with Crippen molar-refractivity contribution in [3.05, 3.63) is 69.9 Å². The van der Waals surface area contributed by atoms with Crippen molar-refractivity contribution in [1.82, 2.24) is 0 Å². The van der Waals surface area contributed by atoms with Crippen LogP contribution in [0.5, 0.6) is 0 Å². The number of rotatable bonds is 5. The molecule has 2 aromatic carbocycles. The van der Waals surface area contributed by atoms with Gasteiger partial charge in [-0.2, -0.15) is 0 Å². The van der Waals surface area contributed by atoms with Gasteiger partial charge in [0, 0.05) is 23.7 Å². The third-order valence-electron chi connectivity index (χ3n) is 5.04. The van der Waals surface area contributed by atoms with Gasteiger partial charge in [-0.3, -0.25) is 4.79 Å². The van der Waals surface area contributed by atoms with Gasteiger partial charge in [0.25, 0.3) is 5.91 Å². The summed E-state index contributed by atoms with van der Waals surface area (Å²) in [6.45, 7) is 2.49. The maximum absolute atomic E-state index is 13.0. The number of esters is 1. The Bertz CT molecular complexity index is 1160. The highest BCUT2D eigenvalue weighted by Crippen LogP contribution is 2.33. The second-order valence-corrected chi connectivity index (χ2v) is 7.91. The minimum Gasteiger partial charge on any atom is -0.465 e. The maximum Gasteiger partial charge on any atom is 0.337 e. The number of amides is 1. The number of halogens is 2. The lowest BCUT2D eigenvalue weighted by molar-refractivity contribution is 0.0600. The lowest BCUT2D eigenvalue weighted by atomic mass is 10.1. The van der Waals surface area contributed by atoms with E-state index in [4.69, 9.17) is 37.1 Å². The molecule has 4 rings (SSSR count). The number of nitrogens with zero attached hydrogens (tertiary/aromatic N) is 1. The molecule has 1 fully saturated rings. The molecule has 166 valence electrons. The third kappa shape index (κ3) is 4.75. The zero-order valence-corrected chi connectivity index (χ0v) is 18.7. The van der Waals surface area contributed by atoms with E-state index in [1.54, 1.807) is 48.5 Å². The number of benzene rings is 2. The van der Waals surface area contributed by atoms with Gasteiger partial charge in [0.15, 0.2) is 5.76 Å². The summed E-state index contributed by atoms with van der Waals surface area (Å²) >= 11 is 12.2. The van der Waals surface area contributed by atoms with Gasteiger partial charge in [0.05, 0.1) is 42.3 Å². The molecule has 9 heteroatoms. The molecule has 1 aliphatic rings. The molecule has 1 amide bonds. The van der Waals surface area contributed by atoms with Crippen molar-refractivity contribution in [2.75, 3.05) is 43.6 Å². The average Bonchev–Trinajstić information content (AvgIpc) is 3.29. The summed E-state index contributed by atoms with van der Waals surface area (Å²) in [5.74, 6) is -0.416. The van der Waals surface area contributed by atoms with E-state index in [0.29, 0.717) is 58.9 Å². The summed E-state index contributed by atoms with van der Waals surface area (Å²) in [5, 5.41) is 3.77. The Morgan fingerprint density at radius 3 is 2.53 bits per heavy atom. The number of ether oxygens (including phenoxy) is 2. The van der Waals surface area contributed by atoms with Crippen molar-refractivity contribution in [1.29, 1.82) is 0 Å². The van der Waals surface area contributed by atoms with Crippen LogP contribution in [-0.2, 0) is 9.47 Å². The first-order valence-corrected chi connectivity index (χ1v) is 10.6. The number of morpholine rings is 1. The van der Waals surface area contributed by atoms with Crippen LogP contribution in [0.3, 0.4) is 0 Å². The van der Waals surface area contributed by atoms with E-state index in [0.717, 1.165) is 5.69 Å². The molecular formula is C23H20Cl2N2O5. The molecule has 1 N–H and O–H groups in total. The van der Waals surface area contributed by atoms with Crippen molar-refractivity contribution < 1.29 is 23.5 Å². The van der Waals surface area contributed by atoms with Gasteiger partial charge in [-0.1, -0.05) is 23.2 Å². The predicted octanol–water partition coefficient (Wildman–Crippen LogP) is 5.13. The molecule has 32 heavy (non-hydrogen) atoms. The van der Waals surface area contributed by atoms with E-state index in [2.05, 4.69) is 10.2 Å². The van der Waals surface area contributed by atoms with Crippen LogP contribution in [0, 0.1) is 0 Å². The monoisotopic (exact) mass is 474 g/mol. The molecule has 3 aromatic rings. The van der Waals surface area contributed by atoms with Crippen molar-refractivity contribution in [3.8, 4) is 11.3 Å². The number of methoxy groups -OCH3 is 1. The summed E-state index contributed by atoms with van der Waals surface area (Å²) in [6, 6.07) is 13.3. The van der Waals surface area contributed by atoms with Crippen molar-refractivity contribution in [2.24, 2.45) is 0 Å². The molecule has 1 saturated heterocycles. The fourth-order valence-electron chi connectivity index (χ4n) is 3.44. The molecule has 0 radical (unpaired) electrons. The Labute approximate surface area is 194 Å². The van der Waals surface area contributed by atoms with Crippen LogP contribution in [0.2, 0.25) is 10.0 Å². The molecule has 0 unspecified atom stereocenters. The maximum atomic E-state index is 13.0. The van der Waals surface area contributed by atoms with Gasteiger partial charge in [-0.05, 0) is 48.5 Å². The number of hydrogen-bond donors (Lipinski definition) is 1. The Kier molecular flexibility index (Phi) is 6.69. The number of anilines is 2. The molecule has 0 atom stereocenters. The number of furan rings is 1. The molecule has 0 bridgehead atoms. The Morgan fingerprint density at radius 2 is 1.81 bits per heavy atom. The van der Waals surface area contributed by atoms with Crippen molar-refractivity contribution in [3.63, 3.8) is 0 Å². The summed E-state index contributed by atoms with van der Waals surface area (Å²) in [6.07, 6.45) is 0. The first kappa shape index (κ1) is 22.2. The van der Waals surface area contributed by atoms with E-state index in [-0.39, 0.29) is 5.76 Å². The van der Waals surface area contributed by atoms with Gasteiger partial charge in [-0.25, -0.2) is 4.79 Å². The minimum absolute atomic E-state index is 0.0995. The Morgan fingerprint density at radius 1 is 1.03 bits per heavy atom. The zero-order chi connectivity index (χ0) is 22.7. The second kappa shape index (κ2) is 9.65. The average molecular weight is 475 g/mol. The summed E-state index contributed by atoms with van der Waals surface area (Å²) < 4.78 is 16.0. The first-order valence-electron chi connectivity index (χ1n) is 9.88. The largest absolute Gasteiger partial charge is 0.465 e. The van der Waals surface area contributed by atoms with Crippen LogP contribution in [0.4, 0.5) is 11.4 Å². The quantitative estimate of drug-likeness (QED) is 0.516. The van der Waals surface area contributed by atoms with Crippen molar-refractivity contribution in [2.45, 2.75) is 0 Å². The molecule has 0 saturated carbocycles. The molecule has 0 aliphatic carbocycles. The number of carbonyl (C=O) groups excluding carboxylic acids is 2. The predicted molar refractivity (Wildman–Crippen MR) is 123 cm³/mol. The molecule has 1 aliphatic heterocycles. The lowest BCUT2D eigenvalue weighted by Crippen LogP contribution is -2.36. The van der Waals surface area contributed by atoms with Crippen LogP contribution in [0.25, 0.3) is 11.3 Å². The van der Waals surface area contributed by atoms with Gasteiger partial charge >= 0.3 is 5.97 Å². The van der Waals surface area contributed by atoms with Gasteiger partial charge in [0.2, 0.25) is 0 Å². The smallest absolute Gasteiger partial charge is 0.337 e. The Hall–Kier alpha value is -3.00. The molecular weight excluding hydrogens is 455 g/mol. The SMILES string of the molecule is COC(=O)c1ccc(N2CCOCC2)c(NC(=O)c2ccc(-c3ccc(Cl)cc3Cl)o2)c1. The van der Waals surface area contributed by atoms with Crippen LogP contribution in [0.15, 0.2) is 52.9 Å². The van der Waals surface area contributed by atoms with Crippen LogP contribution in [0.1, 0.15) is 20.9 Å². The normalized spacial score (nSPS) is 13.7. The third-order valence-corrected chi connectivity index (χ3v) is 5.59. The molecule has 1 aromatic heterocycles. The topological polar surface area (TPSA) is 81.0 Å². The highest BCUT2D eigenvalue weighted by molar-refractivity contribution is 6.36. The number of nitrogens with one attached hydrogen (secondary N) is 1. The van der Waals surface area contributed by atoms with E-state index >= 15 is 0 Å². The molecule has 7 nitrogen and oxygen atoms in total. The highest BCUT2D eigenvalue weighted by atomic mass is 35.5. The fourth-order valence-corrected chi connectivity index (χ4v) is 3.94. The van der Waals surface area contributed by atoms with E-state index in [1.165, 1.54) is 7.11 Å². The summed E-state index contributed by atoms with van der Waals surface area (Å²) in [5.41, 5.74) is 2.20. The van der Waals surface area contributed by atoms with Gasteiger partial charge in [0.1, 0.15) is 5.76 Å².